The molecule has 0 aliphatic heterocycles. The van der Waals surface area contributed by atoms with E-state index in [4.69, 9.17) is 22.0 Å². The van der Waals surface area contributed by atoms with Gasteiger partial charge in [-0.15, -0.1) is 0 Å². The predicted molar refractivity (Wildman–Crippen MR) is 103 cm³/mol. The summed E-state index contributed by atoms with van der Waals surface area (Å²) in [5.74, 6) is 0.398. The molecule has 7 heteroatoms. The van der Waals surface area contributed by atoms with Crippen LogP contribution in [0.25, 0.3) is 21.8 Å². The van der Waals surface area contributed by atoms with Crippen molar-refractivity contribution >= 4 is 33.3 Å². The van der Waals surface area contributed by atoms with Gasteiger partial charge in [0.2, 0.25) is 0 Å². The van der Waals surface area contributed by atoms with E-state index < -0.39 is 5.60 Å². The maximum absolute atomic E-state index is 10.6. The van der Waals surface area contributed by atoms with Gasteiger partial charge in [-0.25, -0.2) is 4.98 Å². The Morgan fingerprint density at radius 3 is 2.92 bits per heavy atom. The van der Waals surface area contributed by atoms with Crippen LogP contribution in [0.2, 0.25) is 0 Å². The molecule has 3 aromatic rings. The largest absolute Gasteiger partial charge is 0.405 e. The number of allylic oxidation sites excluding steroid dienone is 1. The van der Waals surface area contributed by atoms with Crippen molar-refractivity contribution in [2.45, 2.75) is 37.8 Å². The molecule has 1 fully saturated rings. The Hall–Kier alpha value is -2.93. The summed E-state index contributed by atoms with van der Waals surface area (Å²) in [4.78, 5) is 4.49. The normalized spacial score (nSPS) is 23.4. The Balaban J connectivity index is 1.88. The third-order valence-electron chi connectivity index (χ3n) is 5.27. The lowest BCUT2D eigenvalue weighted by molar-refractivity contribution is 0.0224. The van der Waals surface area contributed by atoms with E-state index in [-0.39, 0.29) is 6.04 Å². The Labute approximate surface area is 150 Å². The molecule has 6 N–H and O–H groups in total. The van der Waals surface area contributed by atoms with Crippen molar-refractivity contribution in [3.63, 3.8) is 0 Å². The molecule has 0 bridgehead atoms. The first-order valence-electron chi connectivity index (χ1n) is 8.68. The number of aliphatic hydroxyl groups is 1. The smallest absolute Gasteiger partial charge is 0.135 e. The summed E-state index contributed by atoms with van der Waals surface area (Å²) in [6, 6.07) is 5.51. The number of nitrogens with zero attached hydrogens (tertiary/aromatic N) is 3. The molecule has 1 aliphatic rings. The number of rotatable bonds is 3. The van der Waals surface area contributed by atoms with Crippen LogP contribution >= 0.6 is 0 Å². The van der Waals surface area contributed by atoms with E-state index in [1.165, 1.54) is 12.3 Å². The van der Waals surface area contributed by atoms with Gasteiger partial charge in [0.25, 0.3) is 0 Å². The van der Waals surface area contributed by atoms with Crippen LogP contribution in [0.5, 0.6) is 0 Å². The topological polar surface area (TPSA) is 127 Å². The Morgan fingerprint density at radius 2 is 2.23 bits per heavy atom. The van der Waals surface area contributed by atoms with Gasteiger partial charge < -0.3 is 22.0 Å². The summed E-state index contributed by atoms with van der Waals surface area (Å²) in [5.41, 5.74) is 13.2. The van der Waals surface area contributed by atoms with E-state index in [9.17, 15) is 5.11 Å². The van der Waals surface area contributed by atoms with Crippen molar-refractivity contribution in [1.29, 1.82) is 5.41 Å². The van der Waals surface area contributed by atoms with Crippen molar-refractivity contribution in [3.05, 3.63) is 42.2 Å². The second-order valence-corrected chi connectivity index (χ2v) is 7.14. The molecule has 0 spiro atoms. The van der Waals surface area contributed by atoms with Gasteiger partial charge in [-0.05, 0) is 50.6 Å². The zero-order valence-corrected chi connectivity index (χ0v) is 14.6. The van der Waals surface area contributed by atoms with Gasteiger partial charge >= 0.3 is 0 Å². The van der Waals surface area contributed by atoms with Gasteiger partial charge in [0.1, 0.15) is 11.3 Å². The van der Waals surface area contributed by atoms with Gasteiger partial charge in [-0.2, -0.15) is 5.10 Å². The molecule has 0 saturated heterocycles. The van der Waals surface area contributed by atoms with Crippen LogP contribution in [0.15, 0.2) is 36.7 Å². The minimum absolute atomic E-state index is 0.0634. The minimum atomic E-state index is -0.767. The molecule has 0 radical (unpaired) electrons. The number of hydrogen-bond donors (Lipinski definition) is 4. The first-order valence-corrected chi connectivity index (χ1v) is 8.68. The standard InChI is InChI=1S/C19H22N6O/c1-19(26)7-2-3-16(19)25-10-13-17(24-25)12-5-4-11(14(21)6-8-20)9-15(12)23-18(13)22/h4-6,8-10,16,21,26H,2-3,7,20H2,1H3,(H2,22,23)/b8-6-,21-14?. The maximum atomic E-state index is 10.6. The Bertz CT molecular complexity index is 1050. The molecule has 7 nitrogen and oxygen atoms in total. The quantitative estimate of drug-likeness (QED) is 0.540. The van der Waals surface area contributed by atoms with E-state index in [1.807, 2.05) is 36.0 Å². The van der Waals surface area contributed by atoms with E-state index in [2.05, 4.69) is 4.98 Å². The number of anilines is 1. The number of aromatic nitrogens is 3. The van der Waals surface area contributed by atoms with Crippen LogP contribution in [0, 0.1) is 5.41 Å². The molecule has 2 atom stereocenters. The number of fused-ring (bicyclic) bond motifs is 3. The number of nitrogen functional groups attached to an aromatic ring is 1. The highest BCUT2D eigenvalue weighted by molar-refractivity contribution is 6.12. The highest BCUT2D eigenvalue weighted by atomic mass is 16.3. The zero-order valence-electron chi connectivity index (χ0n) is 14.6. The third-order valence-corrected chi connectivity index (χ3v) is 5.27. The van der Waals surface area contributed by atoms with Crippen molar-refractivity contribution in [1.82, 2.24) is 14.8 Å². The maximum Gasteiger partial charge on any atom is 0.135 e. The third kappa shape index (κ3) is 2.52. The summed E-state index contributed by atoms with van der Waals surface area (Å²) in [6.07, 6.45) is 7.38. The van der Waals surface area contributed by atoms with Gasteiger partial charge in [0.05, 0.1) is 28.3 Å². The van der Waals surface area contributed by atoms with E-state index >= 15 is 0 Å². The van der Waals surface area contributed by atoms with Crippen LogP contribution in [0.1, 0.15) is 37.8 Å². The molecule has 1 aliphatic carbocycles. The number of nitrogens with two attached hydrogens (primary N) is 2. The van der Waals surface area contributed by atoms with E-state index in [1.54, 1.807) is 0 Å². The Morgan fingerprint density at radius 1 is 1.42 bits per heavy atom. The second kappa shape index (κ2) is 5.81. The molecule has 2 unspecified atom stereocenters. The van der Waals surface area contributed by atoms with Crippen molar-refractivity contribution in [3.8, 4) is 0 Å². The highest BCUT2D eigenvalue weighted by Gasteiger charge is 2.38. The number of benzene rings is 1. The number of pyridine rings is 1. The van der Waals surface area contributed by atoms with Crippen LogP contribution in [-0.2, 0) is 0 Å². The molecular weight excluding hydrogens is 328 g/mol. The lowest BCUT2D eigenvalue weighted by atomic mass is 10.0. The van der Waals surface area contributed by atoms with E-state index in [0.717, 1.165) is 35.6 Å². The second-order valence-electron chi connectivity index (χ2n) is 7.14. The van der Waals surface area contributed by atoms with Gasteiger partial charge in [0, 0.05) is 17.1 Å². The van der Waals surface area contributed by atoms with Crippen LogP contribution in [-0.4, -0.2) is 31.2 Å². The van der Waals surface area contributed by atoms with Gasteiger partial charge in [-0.3, -0.25) is 4.68 Å². The molecule has 26 heavy (non-hydrogen) atoms. The fraction of sp³-hybridized carbons (Fsp3) is 0.316. The summed E-state index contributed by atoms with van der Waals surface area (Å²) in [6.45, 7) is 1.86. The van der Waals surface area contributed by atoms with E-state index in [0.29, 0.717) is 22.6 Å². The molecule has 2 heterocycles. The fourth-order valence-electron chi connectivity index (χ4n) is 3.86. The number of hydrogen-bond acceptors (Lipinski definition) is 6. The molecule has 0 amide bonds. The van der Waals surface area contributed by atoms with Gasteiger partial charge in [-0.1, -0.05) is 6.07 Å². The molecule has 2 aromatic heterocycles. The van der Waals surface area contributed by atoms with Crippen LogP contribution in [0.3, 0.4) is 0 Å². The Kier molecular flexibility index (Phi) is 3.69. The van der Waals surface area contributed by atoms with Crippen molar-refractivity contribution in [2.24, 2.45) is 5.73 Å². The van der Waals surface area contributed by atoms with Crippen molar-refractivity contribution < 1.29 is 5.11 Å². The lowest BCUT2D eigenvalue weighted by Gasteiger charge is -2.25. The molecule has 1 aromatic carbocycles. The molecule has 1 saturated carbocycles. The first-order chi connectivity index (χ1) is 12.4. The highest BCUT2D eigenvalue weighted by Crippen LogP contribution is 2.40. The zero-order chi connectivity index (χ0) is 18.5. The SMILES string of the molecule is CC1(O)CCCC1n1cc2c(N)nc3cc(C(=N)/C=C\N)ccc3c2n1. The minimum Gasteiger partial charge on any atom is -0.405 e. The van der Waals surface area contributed by atoms with Crippen molar-refractivity contribution in [2.75, 3.05) is 5.73 Å². The van der Waals surface area contributed by atoms with Crippen LogP contribution in [0.4, 0.5) is 5.82 Å². The molecular formula is C19H22N6O. The first kappa shape index (κ1) is 16.5. The average Bonchev–Trinajstić information content (AvgIpc) is 3.18. The summed E-state index contributed by atoms with van der Waals surface area (Å²) < 4.78 is 1.84. The molecule has 134 valence electrons. The molecule has 4 rings (SSSR count). The van der Waals surface area contributed by atoms with Crippen LogP contribution < -0.4 is 11.5 Å². The summed E-state index contributed by atoms with van der Waals surface area (Å²) >= 11 is 0. The average molecular weight is 350 g/mol. The summed E-state index contributed by atoms with van der Waals surface area (Å²) in [7, 11) is 0. The summed E-state index contributed by atoms with van der Waals surface area (Å²) in [5, 5.41) is 25.0. The number of nitrogens with one attached hydrogen (secondary N) is 1. The fourth-order valence-corrected chi connectivity index (χ4v) is 3.86. The van der Waals surface area contributed by atoms with Gasteiger partial charge in [0.15, 0.2) is 0 Å². The predicted octanol–water partition coefficient (Wildman–Crippen LogP) is 2.48. The lowest BCUT2D eigenvalue weighted by Crippen LogP contribution is -2.31. The monoisotopic (exact) mass is 350 g/mol.